The van der Waals surface area contributed by atoms with Crippen LogP contribution in [0.3, 0.4) is 0 Å². The first kappa shape index (κ1) is 13.6. The van der Waals surface area contributed by atoms with Crippen LogP contribution in [0.25, 0.3) is 0 Å². The summed E-state index contributed by atoms with van der Waals surface area (Å²) < 4.78 is 5.29. The van der Waals surface area contributed by atoms with Gasteiger partial charge in [-0.25, -0.2) is 0 Å². The summed E-state index contributed by atoms with van der Waals surface area (Å²) in [5.74, 6) is -0.0736. The first-order chi connectivity index (χ1) is 9.15. The van der Waals surface area contributed by atoms with E-state index in [1.807, 2.05) is 12.1 Å². The van der Waals surface area contributed by atoms with Crippen molar-refractivity contribution in [3.63, 3.8) is 0 Å². The Morgan fingerprint density at radius 3 is 2.53 bits per heavy atom. The minimum absolute atomic E-state index is 0.0694. The number of carbonyl (C=O) groups is 2. The van der Waals surface area contributed by atoms with Gasteiger partial charge in [-0.2, -0.15) is 0 Å². The molecule has 2 heterocycles. The van der Waals surface area contributed by atoms with Crippen LogP contribution >= 0.6 is 0 Å². The quantitative estimate of drug-likeness (QED) is 0.853. The minimum Gasteiger partial charge on any atom is -0.481 e. The van der Waals surface area contributed by atoms with Crippen LogP contribution in [0.15, 0.2) is 22.8 Å². The van der Waals surface area contributed by atoms with Crippen molar-refractivity contribution in [2.24, 2.45) is 0 Å². The van der Waals surface area contributed by atoms with Crippen LogP contribution in [0.2, 0.25) is 0 Å². The van der Waals surface area contributed by atoms with Gasteiger partial charge in [-0.3, -0.25) is 14.5 Å². The Morgan fingerprint density at radius 1 is 1.21 bits per heavy atom. The van der Waals surface area contributed by atoms with Crippen molar-refractivity contribution in [1.29, 1.82) is 0 Å². The van der Waals surface area contributed by atoms with Crippen LogP contribution in [0.1, 0.15) is 18.6 Å². The van der Waals surface area contributed by atoms with Crippen LogP contribution in [0.5, 0.6) is 0 Å². The molecule has 104 valence electrons. The SMILES string of the molecule is O=C(O)CCC(=O)N1CCN(Cc2ccco2)CC1. The molecule has 1 saturated heterocycles. The first-order valence-corrected chi connectivity index (χ1v) is 6.39. The molecular weight excluding hydrogens is 248 g/mol. The largest absolute Gasteiger partial charge is 0.481 e. The van der Waals surface area contributed by atoms with Crippen LogP contribution in [-0.4, -0.2) is 53.0 Å². The van der Waals surface area contributed by atoms with Crippen molar-refractivity contribution in [3.8, 4) is 0 Å². The maximum absolute atomic E-state index is 11.8. The van der Waals surface area contributed by atoms with Crippen molar-refractivity contribution >= 4 is 11.9 Å². The van der Waals surface area contributed by atoms with Gasteiger partial charge in [0.15, 0.2) is 0 Å². The van der Waals surface area contributed by atoms with Crippen LogP contribution in [0, 0.1) is 0 Å². The Balaban J connectivity index is 1.72. The molecule has 6 nitrogen and oxygen atoms in total. The Hall–Kier alpha value is -1.82. The summed E-state index contributed by atoms with van der Waals surface area (Å²) in [5, 5.41) is 8.56. The average Bonchev–Trinajstić information content (AvgIpc) is 2.89. The van der Waals surface area contributed by atoms with Gasteiger partial charge in [0.1, 0.15) is 5.76 Å². The van der Waals surface area contributed by atoms with Gasteiger partial charge in [-0.15, -0.1) is 0 Å². The maximum atomic E-state index is 11.8. The molecule has 0 unspecified atom stereocenters. The fourth-order valence-electron chi connectivity index (χ4n) is 2.15. The molecule has 0 aliphatic carbocycles. The van der Waals surface area contributed by atoms with Gasteiger partial charge in [-0.1, -0.05) is 0 Å². The number of carboxylic acid groups (broad SMARTS) is 1. The molecule has 1 aliphatic rings. The van der Waals surface area contributed by atoms with E-state index in [2.05, 4.69) is 4.90 Å². The highest BCUT2D eigenvalue weighted by molar-refractivity contribution is 5.80. The van der Waals surface area contributed by atoms with Crippen molar-refractivity contribution in [2.75, 3.05) is 26.2 Å². The van der Waals surface area contributed by atoms with Gasteiger partial charge in [-0.05, 0) is 12.1 Å². The van der Waals surface area contributed by atoms with Gasteiger partial charge in [0.25, 0.3) is 0 Å². The third-order valence-electron chi connectivity index (χ3n) is 3.24. The molecule has 1 aromatic rings. The molecule has 6 heteroatoms. The lowest BCUT2D eigenvalue weighted by Gasteiger charge is -2.34. The predicted octanol–water partition coefficient (Wildman–Crippen LogP) is 0.789. The second-order valence-electron chi connectivity index (χ2n) is 4.63. The summed E-state index contributed by atoms with van der Waals surface area (Å²) in [6, 6.07) is 3.80. The van der Waals surface area contributed by atoms with Crippen molar-refractivity contribution < 1.29 is 19.1 Å². The molecule has 1 aromatic heterocycles. The lowest BCUT2D eigenvalue weighted by Crippen LogP contribution is -2.48. The van der Waals surface area contributed by atoms with Gasteiger partial charge < -0.3 is 14.4 Å². The zero-order valence-corrected chi connectivity index (χ0v) is 10.7. The van der Waals surface area contributed by atoms with Crippen LogP contribution < -0.4 is 0 Å². The van der Waals surface area contributed by atoms with Crippen LogP contribution in [0.4, 0.5) is 0 Å². The van der Waals surface area contributed by atoms with Gasteiger partial charge >= 0.3 is 5.97 Å². The second-order valence-corrected chi connectivity index (χ2v) is 4.63. The van der Waals surface area contributed by atoms with E-state index in [1.165, 1.54) is 0 Å². The highest BCUT2D eigenvalue weighted by atomic mass is 16.4. The Bertz CT molecular complexity index is 422. The van der Waals surface area contributed by atoms with Gasteiger partial charge in [0.2, 0.25) is 5.91 Å². The number of nitrogens with zero attached hydrogens (tertiary/aromatic N) is 2. The van der Waals surface area contributed by atoms with E-state index in [0.29, 0.717) is 13.1 Å². The molecule has 0 bridgehead atoms. The summed E-state index contributed by atoms with van der Waals surface area (Å²) in [5.41, 5.74) is 0. The fourth-order valence-corrected chi connectivity index (χ4v) is 2.15. The topological polar surface area (TPSA) is 74.0 Å². The maximum Gasteiger partial charge on any atom is 0.303 e. The van der Waals surface area contributed by atoms with Gasteiger partial charge in [0, 0.05) is 32.6 Å². The van der Waals surface area contributed by atoms with E-state index in [1.54, 1.807) is 11.2 Å². The van der Waals surface area contributed by atoms with E-state index in [-0.39, 0.29) is 18.7 Å². The summed E-state index contributed by atoms with van der Waals surface area (Å²) in [4.78, 5) is 26.1. The summed E-state index contributed by atoms with van der Waals surface area (Å²) >= 11 is 0. The summed E-state index contributed by atoms with van der Waals surface area (Å²) in [7, 11) is 0. The molecule has 1 N–H and O–H groups in total. The number of carbonyl (C=O) groups excluding carboxylic acids is 1. The van der Waals surface area contributed by atoms with E-state index in [0.717, 1.165) is 25.4 Å². The van der Waals surface area contributed by atoms with E-state index < -0.39 is 5.97 Å². The molecule has 0 radical (unpaired) electrons. The van der Waals surface area contributed by atoms with E-state index >= 15 is 0 Å². The second kappa shape index (κ2) is 6.38. The lowest BCUT2D eigenvalue weighted by molar-refractivity contribution is -0.141. The highest BCUT2D eigenvalue weighted by Crippen LogP contribution is 2.10. The molecular formula is C13H18N2O4. The zero-order chi connectivity index (χ0) is 13.7. The molecule has 1 amide bonds. The Kier molecular flexibility index (Phi) is 4.57. The minimum atomic E-state index is -0.926. The lowest BCUT2D eigenvalue weighted by atomic mass is 10.2. The van der Waals surface area contributed by atoms with E-state index in [4.69, 9.17) is 9.52 Å². The number of rotatable bonds is 5. The van der Waals surface area contributed by atoms with Crippen molar-refractivity contribution in [2.45, 2.75) is 19.4 Å². The Morgan fingerprint density at radius 2 is 1.95 bits per heavy atom. The number of amides is 1. The Labute approximate surface area is 111 Å². The highest BCUT2D eigenvalue weighted by Gasteiger charge is 2.21. The van der Waals surface area contributed by atoms with Crippen molar-refractivity contribution in [3.05, 3.63) is 24.2 Å². The molecule has 0 atom stereocenters. The fraction of sp³-hybridized carbons (Fsp3) is 0.538. The molecule has 0 spiro atoms. The summed E-state index contributed by atoms with van der Waals surface area (Å²) in [6.07, 6.45) is 1.65. The number of carboxylic acids is 1. The third kappa shape index (κ3) is 4.10. The standard InChI is InChI=1S/C13H18N2O4/c16-12(3-4-13(17)18)15-7-5-14(6-8-15)10-11-2-1-9-19-11/h1-2,9H,3-8,10H2,(H,17,18). The third-order valence-corrected chi connectivity index (χ3v) is 3.24. The molecule has 2 rings (SSSR count). The molecule has 1 fully saturated rings. The van der Waals surface area contributed by atoms with Gasteiger partial charge in [0.05, 0.1) is 19.2 Å². The number of hydrogen-bond acceptors (Lipinski definition) is 4. The smallest absolute Gasteiger partial charge is 0.303 e. The molecule has 0 aromatic carbocycles. The zero-order valence-electron chi connectivity index (χ0n) is 10.7. The van der Waals surface area contributed by atoms with Crippen LogP contribution in [-0.2, 0) is 16.1 Å². The molecule has 19 heavy (non-hydrogen) atoms. The number of furan rings is 1. The molecule has 1 aliphatic heterocycles. The number of aliphatic carboxylic acids is 1. The average molecular weight is 266 g/mol. The summed E-state index contributed by atoms with van der Waals surface area (Å²) in [6.45, 7) is 3.64. The molecule has 0 saturated carbocycles. The number of piperazine rings is 1. The predicted molar refractivity (Wildman–Crippen MR) is 67.4 cm³/mol. The number of hydrogen-bond donors (Lipinski definition) is 1. The van der Waals surface area contributed by atoms with E-state index in [9.17, 15) is 9.59 Å². The first-order valence-electron chi connectivity index (χ1n) is 6.39. The normalized spacial score (nSPS) is 16.5. The van der Waals surface area contributed by atoms with Crippen molar-refractivity contribution in [1.82, 2.24) is 9.80 Å². The monoisotopic (exact) mass is 266 g/mol.